The summed E-state index contributed by atoms with van der Waals surface area (Å²) in [5.41, 5.74) is 1.39. The number of nitrogens with zero attached hydrogens (tertiary/aromatic N) is 3. The average Bonchev–Trinajstić information content (AvgIpc) is 3.58. The van der Waals surface area contributed by atoms with Crippen molar-refractivity contribution in [1.82, 2.24) is 10.2 Å². The Morgan fingerprint density at radius 1 is 1.11 bits per heavy atom. The van der Waals surface area contributed by atoms with Gasteiger partial charge in [0.2, 0.25) is 11.6 Å². The van der Waals surface area contributed by atoms with Crippen LogP contribution in [0.4, 0.5) is 5.69 Å². The summed E-state index contributed by atoms with van der Waals surface area (Å²) in [6.45, 7) is 1.60. The number of H-pyrrole nitrogens is 1. The third-order valence-corrected chi connectivity index (χ3v) is 6.47. The first-order valence-corrected chi connectivity index (χ1v) is 11.4. The predicted molar refractivity (Wildman–Crippen MR) is 123 cm³/mol. The number of benzene rings is 2. The zero-order valence-corrected chi connectivity index (χ0v) is 19.4. The number of anilines is 1. The Morgan fingerprint density at radius 2 is 1.80 bits per heavy atom. The summed E-state index contributed by atoms with van der Waals surface area (Å²) in [6.07, 6.45) is 1.77. The molecule has 2 heterocycles. The second-order valence-corrected chi connectivity index (χ2v) is 8.75. The molecule has 0 bridgehead atoms. The third kappa shape index (κ3) is 4.28. The Bertz CT molecular complexity index is 1340. The lowest BCUT2D eigenvalue weighted by atomic mass is 10.1. The van der Waals surface area contributed by atoms with Crippen molar-refractivity contribution in [2.24, 2.45) is 0 Å². The van der Waals surface area contributed by atoms with E-state index in [1.807, 2.05) is 4.90 Å². The van der Waals surface area contributed by atoms with Gasteiger partial charge in [-0.25, -0.2) is 9.69 Å². The number of nitrogens with one attached hydrogen (secondary N) is 1. The number of hydrogen-bond acceptors (Lipinski definition) is 7. The fourth-order valence-corrected chi connectivity index (χ4v) is 4.43. The number of aromatic amines is 1. The van der Waals surface area contributed by atoms with Crippen LogP contribution in [0.15, 0.2) is 57.8 Å². The number of hydrogen-bond donors (Lipinski definition) is 1. The highest BCUT2D eigenvalue weighted by Gasteiger charge is 2.48. The van der Waals surface area contributed by atoms with Gasteiger partial charge in [0.1, 0.15) is 5.75 Å². The first-order chi connectivity index (χ1) is 16.9. The van der Waals surface area contributed by atoms with Crippen LogP contribution < -0.4 is 19.9 Å². The number of ketones is 1. The standard InChI is InChI=1S/C25H24N4O6/c1-15(30)16-3-5-18(6-4-16)28-23(31)13-21(24(28)32)27(17-7-8-17)14-22-25(33)35-26-29(22)19-9-11-20(34-2)12-10-19/h3-6,9-12,17,21H,7-8,13-14H2,1-2H3/p+1. The van der Waals surface area contributed by atoms with Crippen LogP contribution in [0.25, 0.3) is 5.69 Å². The molecule has 35 heavy (non-hydrogen) atoms. The van der Waals surface area contributed by atoms with E-state index in [0.717, 1.165) is 12.8 Å². The van der Waals surface area contributed by atoms with Gasteiger partial charge >= 0.3 is 11.3 Å². The van der Waals surface area contributed by atoms with Crippen molar-refractivity contribution in [3.05, 3.63) is 70.2 Å². The van der Waals surface area contributed by atoms with Crippen LogP contribution in [-0.2, 0) is 16.1 Å². The Kier molecular flexibility index (Phi) is 5.81. The second-order valence-electron chi connectivity index (χ2n) is 8.75. The molecule has 3 aromatic rings. The fourth-order valence-electron chi connectivity index (χ4n) is 4.43. The molecule has 1 aromatic heterocycles. The van der Waals surface area contributed by atoms with E-state index in [2.05, 4.69) is 5.27 Å². The maximum atomic E-state index is 13.4. The number of imide groups is 1. The van der Waals surface area contributed by atoms with Crippen LogP contribution in [0.1, 0.15) is 42.2 Å². The highest BCUT2D eigenvalue weighted by atomic mass is 16.5. The lowest BCUT2D eigenvalue weighted by Crippen LogP contribution is -2.47. The number of rotatable bonds is 8. The van der Waals surface area contributed by atoms with Gasteiger partial charge in [-0.15, -0.1) is 0 Å². The molecule has 10 heteroatoms. The van der Waals surface area contributed by atoms with Gasteiger partial charge < -0.3 is 4.74 Å². The molecule has 2 fully saturated rings. The first kappa shape index (κ1) is 22.7. The van der Waals surface area contributed by atoms with Gasteiger partial charge in [-0.05, 0) is 66.1 Å². The molecule has 1 N–H and O–H groups in total. The second kappa shape index (κ2) is 8.95. The molecule has 2 amide bonds. The van der Waals surface area contributed by atoms with Crippen LogP contribution >= 0.6 is 0 Å². The summed E-state index contributed by atoms with van der Waals surface area (Å²) in [5, 5.41) is 2.62. The molecule has 180 valence electrons. The molecule has 2 aliphatic rings. The summed E-state index contributed by atoms with van der Waals surface area (Å²) in [4.78, 5) is 53.6. The minimum atomic E-state index is -0.693. The van der Waals surface area contributed by atoms with Gasteiger partial charge in [-0.3, -0.25) is 23.8 Å². The molecule has 1 saturated carbocycles. The van der Waals surface area contributed by atoms with Crippen LogP contribution in [0.5, 0.6) is 5.75 Å². The van der Waals surface area contributed by atoms with E-state index < -0.39 is 11.7 Å². The van der Waals surface area contributed by atoms with E-state index in [-0.39, 0.29) is 36.6 Å². The van der Waals surface area contributed by atoms with Gasteiger partial charge in [0, 0.05) is 23.7 Å². The van der Waals surface area contributed by atoms with Crippen LogP contribution in [-0.4, -0.2) is 47.0 Å². The van der Waals surface area contributed by atoms with E-state index in [4.69, 9.17) is 9.26 Å². The zero-order valence-electron chi connectivity index (χ0n) is 19.4. The number of carbonyl (C=O) groups is 3. The van der Waals surface area contributed by atoms with E-state index >= 15 is 0 Å². The minimum absolute atomic E-state index is 0.0160. The summed E-state index contributed by atoms with van der Waals surface area (Å²) in [7, 11) is 1.57. The molecule has 10 nitrogen and oxygen atoms in total. The summed E-state index contributed by atoms with van der Waals surface area (Å²) in [6, 6.07) is 12.9. The summed E-state index contributed by atoms with van der Waals surface area (Å²) < 4.78 is 11.8. The normalized spacial score (nSPS) is 17.9. The van der Waals surface area contributed by atoms with Crippen molar-refractivity contribution in [3.8, 4) is 11.4 Å². The maximum absolute atomic E-state index is 13.4. The molecule has 1 aliphatic heterocycles. The molecular weight excluding hydrogens is 452 g/mol. The SMILES string of the molecule is COc1ccc(-[n+]2[nH]oc(=O)c2CN(C2CC2)C2CC(=O)N(c3ccc(C(C)=O)cc3)C2=O)cc1. The van der Waals surface area contributed by atoms with Gasteiger partial charge in [0.05, 0.1) is 31.8 Å². The highest BCUT2D eigenvalue weighted by molar-refractivity contribution is 6.22. The summed E-state index contributed by atoms with van der Waals surface area (Å²) >= 11 is 0. The average molecular weight is 477 g/mol. The molecule has 0 spiro atoms. The summed E-state index contributed by atoms with van der Waals surface area (Å²) in [5.74, 6) is -0.0736. The van der Waals surface area contributed by atoms with Crippen molar-refractivity contribution in [2.45, 2.75) is 44.8 Å². The maximum Gasteiger partial charge on any atom is 0.431 e. The Labute approximate surface area is 200 Å². The van der Waals surface area contributed by atoms with Gasteiger partial charge in [-0.1, -0.05) is 0 Å². The molecule has 1 aliphatic carbocycles. The van der Waals surface area contributed by atoms with E-state index in [0.29, 0.717) is 28.4 Å². The van der Waals surface area contributed by atoms with Crippen LogP contribution in [0, 0.1) is 0 Å². The monoisotopic (exact) mass is 477 g/mol. The number of amides is 2. The zero-order chi connectivity index (χ0) is 24.7. The van der Waals surface area contributed by atoms with Crippen molar-refractivity contribution in [2.75, 3.05) is 12.0 Å². The highest BCUT2D eigenvalue weighted by Crippen LogP contribution is 2.34. The number of methoxy groups -OCH3 is 1. The minimum Gasteiger partial charge on any atom is -0.497 e. The lowest BCUT2D eigenvalue weighted by Gasteiger charge is -2.25. The molecule has 1 saturated heterocycles. The number of aromatic nitrogens is 2. The Hall–Kier alpha value is -4.05. The topological polar surface area (TPSA) is 117 Å². The lowest BCUT2D eigenvalue weighted by molar-refractivity contribution is -0.678. The molecule has 0 radical (unpaired) electrons. The first-order valence-electron chi connectivity index (χ1n) is 11.4. The molecule has 5 rings (SSSR count). The number of ether oxygens (including phenoxy) is 1. The van der Waals surface area contributed by atoms with Crippen LogP contribution in [0.2, 0.25) is 0 Å². The Balaban J connectivity index is 1.42. The third-order valence-electron chi connectivity index (χ3n) is 6.47. The molecule has 1 unspecified atom stereocenters. The van der Waals surface area contributed by atoms with Gasteiger partial charge in [0.25, 0.3) is 5.91 Å². The number of Topliss-reactive ketones (excluding diaryl/α,β-unsaturated/α-hetero) is 1. The largest absolute Gasteiger partial charge is 0.497 e. The van der Waals surface area contributed by atoms with Crippen molar-refractivity contribution in [1.29, 1.82) is 0 Å². The van der Waals surface area contributed by atoms with Gasteiger partial charge in [-0.2, -0.15) is 0 Å². The van der Waals surface area contributed by atoms with E-state index in [1.54, 1.807) is 55.6 Å². The fraction of sp³-hybridized carbons (Fsp3) is 0.320. The van der Waals surface area contributed by atoms with Crippen molar-refractivity contribution in [3.63, 3.8) is 0 Å². The van der Waals surface area contributed by atoms with Gasteiger partial charge in [0.15, 0.2) is 5.78 Å². The smallest absolute Gasteiger partial charge is 0.431 e. The van der Waals surface area contributed by atoms with E-state index in [1.165, 1.54) is 16.5 Å². The number of carbonyl (C=O) groups excluding carboxylic acids is 3. The van der Waals surface area contributed by atoms with Crippen LogP contribution in [0.3, 0.4) is 0 Å². The quantitative estimate of drug-likeness (QED) is 0.298. The van der Waals surface area contributed by atoms with Crippen molar-refractivity contribution < 1.29 is 28.3 Å². The molecular formula is C25H25N4O6+. The molecule has 2 aromatic carbocycles. The van der Waals surface area contributed by atoms with Crippen molar-refractivity contribution >= 4 is 23.3 Å². The van der Waals surface area contributed by atoms with E-state index in [9.17, 15) is 19.2 Å². The Morgan fingerprint density at radius 3 is 2.40 bits per heavy atom. The molecule has 1 atom stereocenters. The predicted octanol–water partition coefficient (Wildman–Crippen LogP) is 1.75.